The van der Waals surface area contributed by atoms with Gasteiger partial charge in [-0.1, -0.05) is 43.4 Å². The predicted octanol–water partition coefficient (Wildman–Crippen LogP) is 2.49. The molecule has 3 unspecified atom stereocenters. The average Bonchev–Trinajstić information content (AvgIpc) is 3.20. The van der Waals surface area contributed by atoms with E-state index in [0.717, 1.165) is 25.8 Å². The Hall–Kier alpha value is -1.42. The zero-order valence-electron chi connectivity index (χ0n) is 12.4. The molecule has 2 N–H and O–H groups in total. The van der Waals surface area contributed by atoms with Crippen LogP contribution in [0.3, 0.4) is 0 Å². The predicted molar refractivity (Wildman–Crippen MR) is 88.1 cm³/mol. The van der Waals surface area contributed by atoms with E-state index >= 15 is 0 Å². The Balaban J connectivity index is 1.77. The van der Waals surface area contributed by atoms with Crippen LogP contribution >= 0.6 is 12.2 Å². The maximum atomic E-state index is 12.8. The van der Waals surface area contributed by atoms with Gasteiger partial charge in [0.2, 0.25) is 5.91 Å². The van der Waals surface area contributed by atoms with E-state index in [-0.39, 0.29) is 11.8 Å². The molecule has 3 nitrogen and oxygen atoms in total. The standard InChI is InChI=1S/C17H22N2OS/c1-2-9-19(10-14(18)21)17(20)16-13-8-7-11-5-3-4-6-12(11)15(13)16/h3-6,13,15-16H,2,7-10H2,1H3,(H2,18,21). The lowest BCUT2D eigenvalue weighted by Crippen LogP contribution is -2.39. The summed E-state index contributed by atoms with van der Waals surface area (Å²) < 4.78 is 0. The summed E-state index contributed by atoms with van der Waals surface area (Å²) in [6.45, 7) is 3.24. The van der Waals surface area contributed by atoms with E-state index in [2.05, 4.69) is 31.2 Å². The number of nitrogens with zero attached hydrogens (tertiary/aromatic N) is 1. The quantitative estimate of drug-likeness (QED) is 0.850. The highest BCUT2D eigenvalue weighted by Crippen LogP contribution is 2.60. The summed E-state index contributed by atoms with van der Waals surface area (Å²) in [5.41, 5.74) is 8.45. The number of hydrogen-bond donors (Lipinski definition) is 1. The number of amides is 1. The second-order valence-corrected chi connectivity index (χ2v) is 6.70. The van der Waals surface area contributed by atoms with Crippen molar-refractivity contribution in [1.29, 1.82) is 0 Å². The molecule has 0 spiro atoms. The molecule has 1 fully saturated rings. The Labute approximate surface area is 131 Å². The second kappa shape index (κ2) is 5.76. The number of rotatable bonds is 5. The third-order valence-corrected chi connectivity index (χ3v) is 4.90. The molecular weight excluding hydrogens is 280 g/mol. The van der Waals surface area contributed by atoms with Gasteiger partial charge in [0.25, 0.3) is 0 Å². The van der Waals surface area contributed by atoms with Crippen LogP contribution in [-0.4, -0.2) is 28.9 Å². The van der Waals surface area contributed by atoms with Gasteiger partial charge in [0.15, 0.2) is 0 Å². The summed E-state index contributed by atoms with van der Waals surface area (Å²) in [7, 11) is 0. The van der Waals surface area contributed by atoms with Gasteiger partial charge in [0.05, 0.1) is 11.5 Å². The highest BCUT2D eigenvalue weighted by atomic mass is 32.1. The van der Waals surface area contributed by atoms with Gasteiger partial charge in [0.1, 0.15) is 0 Å². The smallest absolute Gasteiger partial charge is 0.226 e. The van der Waals surface area contributed by atoms with Crippen molar-refractivity contribution in [3.63, 3.8) is 0 Å². The molecule has 0 bridgehead atoms. The van der Waals surface area contributed by atoms with Crippen LogP contribution in [0.4, 0.5) is 0 Å². The first-order chi connectivity index (χ1) is 10.1. The first kappa shape index (κ1) is 14.5. The van der Waals surface area contributed by atoms with Gasteiger partial charge in [-0.3, -0.25) is 4.79 Å². The van der Waals surface area contributed by atoms with Crippen LogP contribution in [0.1, 0.15) is 36.8 Å². The topological polar surface area (TPSA) is 46.3 Å². The number of carbonyl (C=O) groups excluding carboxylic acids is 1. The van der Waals surface area contributed by atoms with Crippen molar-refractivity contribution >= 4 is 23.1 Å². The van der Waals surface area contributed by atoms with Gasteiger partial charge in [-0.25, -0.2) is 0 Å². The molecule has 4 heteroatoms. The lowest BCUT2D eigenvalue weighted by molar-refractivity contribution is -0.132. The van der Waals surface area contributed by atoms with Gasteiger partial charge in [-0.15, -0.1) is 0 Å². The molecule has 1 saturated carbocycles. The molecule has 0 saturated heterocycles. The lowest BCUT2D eigenvalue weighted by atomic mass is 9.92. The van der Waals surface area contributed by atoms with E-state index < -0.39 is 0 Å². The molecule has 3 atom stereocenters. The molecule has 0 aromatic heterocycles. The van der Waals surface area contributed by atoms with Gasteiger partial charge in [0, 0.05) is 12.5 Å². The van der Waals surface area contributed by atoms with Crippen molar-refractivity contribution in [1.82, 2.24) is 4.90 Å². The van der Waals surface area contributed by atoms with Crippen LogP contribution in [0.5, 0.6) is 0 Å². The molecule has 1 aromatic carbocycles. The largest absolute Gasteiger partial charge is 0.392 e. The summed E-state index contributed by atoms with van der Waals surface area (Å²) in [6, 6.07) is 8.57. The SMILES string of the molecule is CCCN(CC(N)=S)C(=O)C1C2CCc3ccccc3C21. The number of hydrogen-bond acceptors (Lipinski definition) is 2. The van der Waals surface area contributed by atoms with Crippen molar-refractivity contribution in [3.05, 3.63) is 35.4 Å². The van der Waals surface area contributed by atoms with Crippen LogP contribution in [0.2, 0.25) is 0 Å². The summed E-state index contributed by atoms with van der Waals surface area (Å²) in [5.74, 6) is 1.34. The summed E-state index contributed by atoms with van der Waals surface area (Å²) in [4.78, 5) is 15.1. The fourth-order valence-electron chi connectivity index (χ4n) is 3.84. The lowest BCUT2D eigenvalue weighted by Gasteiger charge is -2.21. The minimum absolute atomic E-state index is 0.148. The monoisotopic (exact) mass is 302 g/mol. The van der Waals surface area contributed by atoms with Gasteiger partial charge >= 0.3 is 0 Å². The number of benzene rings is 1. The fraction of sp³-hybridized carbons (Fsp3) is 0.529. The van der Waals surface area contributed by atoms with E-state index in [0.29, 0.717) is 23.4 Å². The van der Waals surface area contributed by atoms with Crippen LogP contribution in [0.15, 0.2) is 24.3 Å². The van der Waals surface area contributed by atoms with E-state index in [9.17, 15) is 4.79 Å². The molecule has 0 radical (unpaired) electrons. The Bertz CT molecular complexity index is 572. The van der Waals surface area contributed by atoms with Gasteiger partial charge in [-0.2, -0.15) is 0 Å². The molecule has 1 aromatic rings. The number of carbonyl (C=O) groups is 1. The molecule has 21 heavy (non-hydrogen) atoms. The maximum absolute atomic E-state index is 12.8. The number of fused-ring (bicyclic) bond motifs is 3. The van der Waals surface area contributed by atoms with Crippen molar-refractivity contribution in [2.75, 3.05) is 13.1 Å². The number of thiocarbonyl (C=S) groups is 1. The average molecular weight is 302 g/mol. The molecule has 112 valence electrons. The zero-order chi connectivity index (χ0) is 15.0. The molecule has 2 aliphatic carbocycles. The van der Waals surface area contributed by atoms with Crippen molar-refractivity contribution in [2.45, 2.75) is 32.1 Å². The first-order valence-corrected chi connectivity index (χ1v) is 8.19. The highest BCUT2D eigenvalue weighted by Gasteiger charge is 2.57. The molecule has 0 aliphatic heterocycles. The first-order valence-electron chi connectivity index (χ1n) is 7.78. The van der Waals surface area contributed by atoms with Crippen molar-refractivity contribution < 1.29 is 4.79 Å². The van der Waals surface area contributed by atoms with Crippen molar-refractivity contribution in [2.24, 2.45) is 17.6 Å². The van der Waals surface area contributed by atoms with Crippen LogP contribution in [0.25, 0.3) is 0 Å². The zero-order valence-corrected chi connectivity index (χ0v) is 13.2. The van der Waals surface area contributed by atoms with Crippen LogP contribution in [0, 0.1) is 11.8 Å². The minimum Gasteiger partial charge on any atom is -0.392 e. The molecule has 0 heterocycles. The third kappa shape index (κ3) is 2.69. The third-order valence-electron chi connectivity index (χ3n) is 4.77. The summed E-state index contributed by atoms with van der Waals surface area (Å²) in [6.07, 6.45) is 3.17. The van der Waals surface area contributed by atoms with Gasteiger partial charge in [-0.05, 0) is 42.2 Å². The second-order valence-electron chi connectivity index (χ2n) is 6.18. The molecule has 3 rings (SSSR count). The highest BCUT2D eigenvalue weighted by molar-refractivity contribution is 7.80. The Morgan fingerprint density at radius 1 is 1.43 bits per heavy atom. The Kier molecular flexibility index (Phi) is 3.98. The molecule has 2 aliphatic rings. The Morgan fingerprint density at radius 3 is 2.90 bits per heavy atom. The Morgan fingerprint density at radius 2 is 2.19 bits per heavy atom. The normalized spacial score (nSPS) is 25.7. The van der Waals surface area contributed by atoms with Crippen molar-refractivity contribution in [3.8, 4) is 0 Å². The molecule has 1 amide bonds. The fourth-order valence-corrected chi connectivity index (χ4v) is 3.99. The number of aryl methyl sites for hydroxylation is 1. The van der Waals surface area contributed by atoms with Crippen LogP contribution < -0.4 is 5.73 Å². The van der Waals surface area contributed by atoms with Crippen LogP contribution in [-0.2, 0) is 11.2 Å². The maximum Gasteiger partial charge on any atom is 0.226 e. The van der Waals surface area contributed by atoms with E-state index in [4.69, 9.17) is 18.0 Å². The van der Waals surface area contributed by atoms with E-state index in [1.807, 2.05) is 4.90 Å². The summed E-state index contributed by atoms with van der Waals surface area (Å²) in [5, 5.41) is 0. The molecular formula is C17H22N2OS. The van der Waals surface area contributed by atoms with E-state index in [1.54, 1.807) is 0 Å². The summed E-state index contributed by atoms with van der Waals surface area (Å²) >= 11 is 4.99. The van der Waals surface area contributed by atoms with E-state index in [1.165, 1.54) is 11.1 Å². The minimum atomic E-state index is 0.148. The van der Waals surface area contributed by atoms with Gasteiger partial charge < -0.3 is 10.6 Å². The number of nitrogens with two attached hydrogens (primary N) is 1.